The predicted octanol–water partition coefficient (Wildman–Crippen LogP) is 5.20. The Morgan fingerprint density at radius 3 is 2.61 bits per heavy atom. The van der Waals surface area contributed by atoms with Gasteiger partial charge in [-0.2, -0.15) is 0 Å². The molecule has 0 atom stereocenters. The van der Waals surface area contributed by atoms with E-state index in [-0.39, 0.29) is 11.7 Å². The molecule has 1 fully saturated rings. The van der Waals surface area contributed by atoms with Gasteiger partial charge in [0.15, 0.2) is 0 Å². The Labute approximate surface area is 192 Å². The Bertz CT molecular complexity index is 1190. The van der Waals surface area contributed by atoms with E-state index in [1.807, 2.05) is 42.6 Å². The van der Waals surface area contributed by atoms with Crippen molar-refractivity contribution in [3.63, 3.8) is 0 Å². The first kappa shape index (κ1) is 21.2. The second-order valence-electron chi connectivity index (χ2n) is 8.25. The van der Waals surface area contributed by atoms with Crippen LogP contribution >= 0.6 is 0 Å². The van der Waals surface area contributed by atoms with Gasteiger partial charge in [0.25, 0.3) is 0 Å². The number of pyridine rings is 2. The van der Waals surface area contributed by atoms with Crippen molar-refractivity contribution < 1.29 is 4.39 Å². The number of nitrogens with zero attached hydrogens (tertiary/aromatic N) is 5. The van der Waals surface area contributed by atoms with Gasteiger partial charge >= 0.3 is 0 Å². The summed E-state index contributed by atoms with van der Waals surface area (Å²) in [6.07, 6.45) is 7.33. The third-order valence-electron chi connectivity index (χ3n) is 5.86. The van der Waals surface area contributed by atoms with Crippen molar-refractivity contribution in [2.24, 2.45) is 0 Å². The highest BCUT2D eigenvalue weighted by Crippen LogP contribution is 2.30. The summed E-state index contributed by atoms with van der Waals surface area (Å²) in [7, 11) is 0. The number of likely N-dealkylation sites (tertiary alicyclic amines) is 1. The van der Waals surface area contributed by atoms with E-state index >= 15 is 0 Å². The molecule has 6 nitrogen and oxygen atoms in total. The molecule has 0 spiro atoms. The SMILES string of the molecule is Fc1cccc(Nc2cc(-c3cccnc3)nc(C3CCN(Cc4ccccn4)CC3)n2)c1. The monoisotopic (exact) mass is 440 g/mol. The molecule has 0 bridgehead atoms. The van der Waals surface area contributed by atoms with Gasteiger partial charge in [0.2, 0.25) is 0 Å². The van der Waals surface area contributed by atoms with Crippen molar-refractivity contribution in [1.82, 2.24) is 24.8 Å². The van der Waals surface area contributed by atoms with Gasteiger partial charge in [-0.25, -0.2) is 14.4 Å². The molecule has 1 aliphatic heterocycles. The fourth-order valence-corrected chi connectivity index (χ4v) is 4.16. The van der Waals surface area contributed by atoms with Gasteiger partial charge < -0.3 is 5.32 Å². The summed E-state index contributed by atoms with van der Waals surface area (Å²) in [5.74, 6) is 1.44. The van der Waals surface area contributed by atoms with Gasteiger partial charge in [0, 0.05) is 48.4 Å². The molecule has 0 amide bonds. The molecule has 0 unspecified atom stereocenters. The average Bonchev–Trinajstić information content (AvgIpc) is 2.85. The van der Waals surface area contributed by atoms with Crippen LogP contribution in [0.3, 0.4) is 0 Å². The molecule has 1 aliphatic rings. The number of hydrogen-bond acceptors (Lipinski definition) is 6. The molecular formula is C26H25FN6. The minimum Gasteiger partial charge on any atom is -0.340 e. The van der Waals surface area contributed by atoms with Crippen LogP contribution in [0.2, 0.25) is 0 Å². The lowest BCUT2D eigenvalue weighted by atomic mass is 9.95. The summed E-state index contributed by atoms with van der Waals surface area (Å²) in [4.78, 5) is 20.8. The summed E-state index contributed by atoms with van der Waals surface area (Å²) < 4.78 is 13.7. The lowest BCUT2D eigenvalue weighted by molar-refractivity contribution is 0.200. The lowest BCUT2D eigenvalue weighted by Gasteiger charge is -2.31. The van der Waals surface area contributed by atoms with Crippen LogP contribution in [0.4, 0.5) is 15.9 Å². The highest BCUT2D eigenvalue weighted by Gasteiger charge is 2.24. The molecule has 166 valence electrons. The van der Waals surface area contributed by atoms with Crippen LogP contribution < -0.4 is 5.32 Å². The zero-order valence-corrected chi connectivity index (χ0v) is 18.2. The topological polar surface area (TPSA) is 66.8 Å². The van der Waals surface area contributed by atoms with Gasteiger partial charge in [-0.3, -0.25) is 14.9 Å². The fourth-order valence-electron chi connectivity index (χ4n) is 4.16. The maximum absolute atomic E-state index is 13.7. The molecule has 1 aromatic carbocycles. The van der Waals surface area contributed by atoms with Crippen molar-refractivity contribution >= 4 is 11.5 Å². The van der Waals surface area contributed by atoms with Crippen LogP contribution in [0.1, 0.15) is 30.3 Å². The molecule has 7 heteroatoms. The number of anilines is 2. The minimum absolute atomic E-state index is 0.259. The summed E-state index contributed by atoms with van der Waals surface area (Å²) in [5.41, 5.74) is 3.48. The van der Waals surface area contributed by atoms with Crippen molar-refractivity contribution in [3.8, 4) is 11.3 Å². The molecule has 5 rings (SSSR count). The molecule has 3 aromatic heterocycles. The molecule has 0 saturated carbocycles. The number of hydrogen-bond donors (Lipinski definition) is 1. The van der Waals surface area contributed by atoms with Crippen molar-refractivity contribution in [1.29, 1.82) is 0 Å². The summed E-state index contributed by atoms with van der Waals surface area (Å²) in [5, 5.41) is 3.25. The Morgan fingerprint density at radius 2 is 1.85 bits per heavy atom. The summed E-state index contributed by atoms with van der Waals surface area (Å²) in [6.45, 7) is 2.79. The van der Waals surface area contributed by atoms with Crippen LogP contribution in [0, 0.1) is 5.82 Å². The quantitative estimate of drug-likeness (QED) is 0.445. The first-order valence-corrected chi connectivity index (χ1v) is 11.2. The molecule has 1 saturated heterocycles. The van der Waals surface area contributed by atoms with E-state index in [2.05, 4.69) is 26.3 Å². The van der Waals surface area contributed by atoms with Gasteiger partial charge in [0.1, 0.15) is 17.5 Å². The van der Waals surface area contributed by atoms with Crippen LogP contribution in [0.5, 0.6) is 0 Å². The number of aromatic nitrogens is 4. The average molecular weight is 441 g/mol. The zero-order chi connectivity index (χ0) is 22.5. The first-order valence-electron chi connectivity index (χ1n) is 11.2. The standard InChI is InChI=1S/C26H25FN6/c27-21-6-3-8-22(15-21)30-25-16-24(20-5-4-11-28-17-20)31-26(32-25)19-9-13-33(14-10-19)18-23-7-1-2-12-29-23/h1-8,11-12,15-17,19H,9-10,13-14,18H2,(H,30,31,32). The first-order chi connectivity index (χ1) is 16.2. The smallest absolute Gasteiger partial charge is 0.134 e. The highest BCUT2D eigenvalue weighted by molar-refractivity contribution is 5.65. The Hall–Kier alpha value is -3.71. The molecule has 33 heavy (non-hydrogen) atoms. The second kappa shape index (κ2) is 9.83. The maximum atomic E-state index is 13.7. The largest absolute Gasteiger partial charge is 0.340 e. The molecule has 4 aromatic rings. The predicted molar refractivity (Wildman–Crippen MR) is 126 cm³/mol. The zero-order valence-electron chi connectivity index (χ0n) is 18.2. The Morgan fingerprint density at radius 1 is 0.939 bits per heavy atom. The fraction of sp³-hybridized carbons (Fsp3) is 0.231. The number of piperidine rings is 1. The van der Waals surface area contributed by atoms with Gasteiger partial charge in [-0.1, -0.05) is 12.1 Å². The highest BCUT2D eigenvalue weighted by atomic mass is 19.1. The second-order valence-corrected chi connectivity index (χ2v) is 8.25. The number of rotatable bonds is 6. The van der Waals surface area contributed by atoms with Crippen molar-refractivity contribution in [2.75, 3.05) is 18.4 Å². The Kier molecular flexibility index (Phi) is 6.30. The van der Waals surface area contributed by atoms with Crippen LogP contribution in [0.15, 0.2) is 79.3 Å². The van der Waals surface area contributed by atoms with Crippen LogP contribution in [-0.2, 0) is 6.54 Å². The summed E-state index contributed by atoms with van der Waals surface area (Å²) in [6, 6.07) is 18.2. The molecule has 0 aliphatic carbocycles. The van der Waals surface area contributed by atoms with E-state index in [1.165, 1.54) is 12.1 Å². The molecule has 4 heterocycles. The number of benzene rings is 1. The third-order valence-corrected chi connectivity index (χ3v) is 5.86. The third kappa shape index (κ3) is 5.38. The van der Waals surface area contributed by atoms with E-state index in [4.69, 9.17) is 9.97 Å². The van der Waals surface area contributed by atoms with Crippen molar-refractivity contribution in [2.45, 2.75) is 25.3 Å². The maximum Gasteiger partial charge on any atom is 0.134 e. The number of halogens is 1. The van der Waals surface area contributed by atoms with Crippen LogP contribution in [0.25, 0.3) is 11.3 Å². The van der Waals surface area contributed by atoms with E-state index in [1.54, 1.807) is 18.5 Å². The number of nitrogens with one attached hydrogen (secondary N) is 1. The van der Waals surface area contributed by atoms with Crippen LogP contribution in [-0.4, -0.2) is 37.9 Å². The Balaban J connectivity index is 1.37. The van der Waals surface area contributed by atoms with Crippen molar-refractivity contribution in [3.05, 3.63) is 96.6 Å². The normalized spacial score (nSPS) is 14.8. The minimum atomic E-state index is -0.290. The van der Waals surface area contributed by atoms with Gasteiger partial charge in [-0.05, 0) is 68.4 Å². The summed E-state index contributed by atoms with van der Waals surface area (Å²) >= 11 is 0. The van der Waals surface area contributed by atoms with E-state index in [0.717, 1.165) is 55.3 Å². The van der Waals surface area contributed by atoms with E-state index in [0.29, 0.717) is 11.5 Å². The van der Waals surface area contributed by atoms with E-state index < -0.39 is 0 Å². The molecule has 0 radical (unpaired) electrons. The molecule has 1 N–H and O–H groups in total. The lowest BCUT2D eigenvalue weighted by Crippen LogP contribution is -2.33. The van der Waals surface area contributed by atoms with Gasteiger partial charge in [-0.15, -0.1) is 0 Å². The van der Waals surface area contributed by atoms with E-state index in [9.17, 15) is 4.39 Å². The molecular weight excluding hydrogens is 415 g/mol. The van der Waals surface area contributed by atoms with Gasteiger partial charge in [0.05, 0.1) is 11.4 Å².